The minimum Gasteiger partial charge on any atom is -0.497 e. The molecule has 0 spiro atoms. The monoisotopic (exact) mass is 263 g/mol. The molecule has 0 aromatic heterocycles. The molecule has 2 rings (SSSR count). The van der Waals surface area contributed by atoms with Crippen molar-refractivity contribution < 1.29 is 9.47 Å². The van der Waals surface area contributed by atoms with Crippen LogP contribution in [0.3, 0.4) is 0 Å². The van der Waals surface area contributed by atoms with Gasteiger partial charge in [0.1, 0.15) is 17.2 Å². The molecule has 0 aliphatic heterocycles. The van der Waals surface area contributed by atoms with Crippen molar-refractivity contribution in [3.63, 3.8) is 0 Å². The highest BCUT2D eigenvalue weighted by molar-refractivity contribution is 6.31. The Kier molecular flexibility index (Phi) is 4.07. The van der Waals surface area contributed by atoms with Gasteiger partial charge in [-0.3, -0.25) is 0 Å². The van der Waals surface area contributed by atoms with Gasteiger partial charge in [0, 0.05) is 23.2 Å². The zero-order valence-electron chi connectivity index (χ0n) is 10.0. The first-order valence-corrected chi connectivity index (χ1v) is 5.91. The first kappa shape index (κ1) is 12.7. The zero-order valence-corrected chi connectivity index (χ0v) is 10.8. The van der Waals surface area contributed by atoms with Crippen LogP contribution in [0, 0.1) is 0 Å². The molecule has 2 aromatic rings. The maximum atomic E-state index is 6.07. The molecule has 0 saturated heterocycles. The third kappa shape index (κ3) is 2.75. The van der Waals surface area contributed by atoms with E-state index in [4.69, 9.17) is 26.8 Å². The maximum absolute atomic E-state index is 6.07. The summed E-state index contributed by atoms with van der Waals surface area (Å²) in [5, 5.41) is 0.609. The lowest BCUT2D eigenvalue weighted by molar-refractivity contribution is 0.408. The number of nitrogens with two attached hydrogens (primary N) is 1. The SMILES string of the molecule is COc1cccc(Oc2cccc(Cl)c2CN)c1. The maximum Gasteiger partial charge on any atom is 0.133 e. The molecular weight excluding hydrogens is 250 g/mol. The molecule has 18 heavy (non-hydrogen) atoms. The molecule has 0 unspecified atom stereocenters. The van der Waals surface area contributed by atoms with E-state index in [2.05, 4.69) is 0 Å². The summed E-state index contributed by atoms with van der Waals surface area (Å²) in [6, 6.07) is 12.8. The predicted octanol–water partition coefficient (Wildman–Crippen LogP) is 3.60. The minimum atomic E-state index is 0.332. The molecule has 94 valence electrons. The van der Waals surface area contributed by atoms with Crippen LogP contribution in [0.5, 0.6) is 17.2 Å². The Morgan fingerprint density at radius 3 is 2.56 bits per heavy atom. The summed E-state index contributed by atoms with van der Waals surface area (Å²) < 4.78 is 10.9. The van der Waals surface area contributed by atoms with E-state index in [1.165, 1.54) is 0 Å². The van der Waals surface area contributed by atoms with Crippen LogP contribution in [-0.2, 0) is 6.54 Å². The van der Waals surface area contributed by atoms with E-state index >= 15 is 0 Å². The second-order valence-electron chi connectivity index (χ2n) is 3.70. The van der Waals surface area contributed by atoms with Crippen molar-refractivity contribution in [3.05, 3.63) is 53.1 Å². The van der Waals surface area contributed by atoms with Gasteiger partial charge in [0.25, 0.3) is 0 Å². The Morgan fingerprint density at radius 1 is 1.11 bits per heavy atom. The predicted molar refractivity (Wildman–Crippen MR) is 72.4 cm³/mol. The van der Waals surface area contributed by atoms with Gasteiger partial charge < -0.3 is 15.2 Å². The molecule has 2 N–H and O–H groups in total. The van der Waals surface area contributed by atoms with Gasteiger partial charge in [-0.25, -0.2) is 0 Å². The van der Waals surface area contributed by atoms with Crippen molar-refractivity contribution in [1.82, 2.24) is 0 Å². The molecule has 3 nitrogen and oxygen atoms in total. The molecule has 0 heterocycles. The number of ether oxygens (including phenoxy) is 2. The zero-order chi connectivity index (χ0) is 13.0. The van der Waals surface area contributed by atoms with Crippen molar-refractivity contribution in [1.29, 1.82) is 0 Å². The summed E-state index contributed by atoms with van der Waals surface area (Å²) in [7, 11) is 1.61. The number of halogens is 1. The van der Waals surface area contributed by atoms with Gasteiger partial charge in [-0.2, -0.15) is 0 Å². The van der Waals surface area contributed by atoms with Crippen molar-refractivity contribution >= 4 is 11.6 Å². The largest absolute Gasteiger partial charge is 0.497 e. The summed E-state index contributed by atoms with van der Waals surface area (Å²) >= 11 is 6.07. The molecule has 0 saturated carbocycles. The van der Waals surface area contributed by atoms with Gasteiger partial charge in [0.2, 0.25) is 0 Å². The lowest BCUT2D eigenvalue weighted by Gasteiger charge is -2.11. The van der Waals surface area contributed by atoms with Crippen molar-refractivity contribution in [2.24, 2.45) is 5.73 Å². The number of methoxy groups -OCH3 is 1. The Bertz CT molecular complexity index is 543. The van der Waals surface area contributed by atoms with Crippen LogP contribution in [0.1, 0.15) is 5.56 Å². The van der Waals surface area contributed by atoms with Crippen LogP contribution in [0.25, 0.3) is 0 Å². The van der Waals surface area contributed by atoms with Crippen LogP contribution in [0.2, 0.25) is 5.02 Å². The second kappa shape index (κ2) is 5.76. The first-order valence-electron chi connectivity index (χ1n) is 5.54. The molecule has 0 bridgehead atoms. The fourth-order valence-electron chi connectivity index (χ4n) is 1.62. The fourth-order valence-corrected chi connectivity index (χ4v) is 1.87. The average Bonchev–Trinajstić information content (AvgIpc) is 2.39. The van der Waals surface area contributed by atoms with E-state index in [0.717, 1.165) is 11.3 Å². The molecule has 0 radical (unpaired) electrons. The summed E-state index contributed by atoms with van der Waals surface area (Å²) in [4.78, 5) is 0. The molecule has 0 aliphatic rings. The Morgan fingerprint density at radius 2 is 1.83 bits per heavy atom. The smallest absolute Gasteiger partial charge is 0.133 e. The van der Waals surface area contributed by atoms with Crippen molar-refractivity contribution in [2.45, 2.75) is 6.54 Å². The third-order valence-corrected chi connectivity index (χ3v) is 2.90. The normalized spacial score (nSPS) is 10.2. The highest BCUT2D eigenvalue weighted by Gasteiger charge is 2.07. The lowest BCUT2D eigenvalue weighted by atomic mass is 10.2. The van der Waals surface area contributed by atoms with E-state index in [1.54, 1.807) is 19.2 Å². The quantitative estimate of drug-likeness (QED) is 0.917. The number of hydrogen-bond acceptors (Lipinski definition) is 3. The van der Waals surface area contributed by atoms with Crippen molar-refractivity contribution in [2.75, 3.05) is 7.11 Å². The molecular formula is C14H14ClNO2. The summed E-state index contributed by atoms with van der Waals surface area (Å²) in [5.41, 5.74) is 6.47. The van der Waals surface area contributed by atoms with Crippen LogP contribution in [0.15, 0.2) is 42.5 Å². The molecule has 4 heteroatoms. The molecule has 0 aliphatic carbocycles. The highest BCUT2D eigenvalue weighted by Crippen LogP contribution is 2.31. The van der Waals surface area contributed by atoms with Gasteiger partial charge in [-0.15, -0.1) is 0 Å². The summed E-state index contributed by atoms with van der Waals surface area (Å²) in [6.07, 6.45) is 0. The molecule has 0 fully saturated rings. The van der Waals surface area contributed by atoms with E-state index in [0.29, 0.717) is 23.1 Å². The Balaban J connectivity index is 2.30. The first-order chi connectivity index (χ1) is 8.74. The number of rotatable bonds is 4. The standard InChI is InChI=1S/C14H14ClNO2/c1-17-10-4-2-5-11(8-10)18-14-7-3-6-13(15)12(14)9-16/h2-8H,9,16H2,1H3. The van der Waals surface area contributed by atoms with Gasteiger partial charge >= 0.3 is 0 Å². The third-order valence-electron chi connectivity index (χ3n) is 2.55. The van der Waals surface area contributed by atoms with Gasteiger partial charge in [0.15, 0.2) is 0 Å². The van der Waals surface area contributed by atoms with Crippen LogP contribution < -0.4 is 15.2 Å². The second-order valence-corrected chi connectivity index (χ2v) is 4.11. The number of benzene rings is 2. The Labute approximate surface area is 111 Å². The van der Waals surface area contributed by atoms with Crippen LogP contribution >= 0.6 is 11.6 Å². The average molecular weight is 264 g/mol. The van der Waals surface area contributed by atoms with E-state index < -0.39 is 0 Å². The van der Waals surface area contributed by atoms with Crippen LogP contribution in [-0.4, -0.2) is 7.11 Å². The van der Waals surface area contributed by atoms with Crippen molar-refractivity contribution in [3.8, 4) is 17.2 Å². The fraction of sp³-hybridized carbons (Fsp3) is 0.143. The van der Waals surface area contributed by atoms with E-state index in [9.17, 15) is 0 Å². The topological polar surface area (TPSA) is 44.5 Å². The van der Waals surface area contributed by atoms with Crippen LogP contribution in [0.4, 0.5) is 0 Å². The van der Waals surface area contributed by atoms with E-state index in [-0.39, 0.29) is 0 Å². The molecule has 0 atom stereocenters. The Hall–Kier alpha value is -1.71. The summed E-state index contributed by atoms with van der Waals surface area (Å²) in [5.74, 6) is 2.09. The van der Waals surface area contributed by atoms with Gasteiger partial charge in [-0.05, 0) is 24.3 Å². The van der Waals surface area contributed by atoms with Gasteiger partial charge in [-0.1, -0.05) is 23.7 Å². The number of hydrogen-bond donors (Lipinski definition) is 1. The lowest BCUT2D eigenvalue weighted by Crippen LogP contribution is -2.00. The highest BCUT2D eigenvalue weighted by atomic mass is 35.5. The minimum absolute atomic E-state index is 0.332. The molecule has 0 amide bonds. The van der Waals surface area contributed by atoms with Gasteiger partial charge in [0.05, 0.1) is 7.11 Å². The summed E-state index contributed by atoms with van der Waals surface area (Å²) in [6.45, 7) is 0.332. The van der Waals surface area contributed by atoms with E-state index in [1.807, 2.05) is 30.3 Å². The molecule has 2 aromatic carbocycles.